The molecule has 2 N–H and O–H groups in total. The van der Waals surface area contributed by atoms with E-state index in [0.29, 0.717) is 19.1 Å². The van der Waals surface area contributed by atoms with Crippen LogP contribution < -0.4 is 10.5 Å². The molecule has 0 aliphatic rings. The van der Waals surface area contributed by atoms with E-state index < -0.39 is 4.92 Å². The third kappa shape index (κ3) is 4.50. The Hall–Kier alpha value is -1.96. The minimum atomic E-state index is -0.621. The number of hydrogen-bond donors (Lipinski definition) is 1. The van der Waals surface area contributed by atoms with Crippen LogP contribution in [0.25, 0.3) is 0 Å². The molecule has 1 aromatic heterocycles. The number of nitrogens with two attached hydrogens (primary N) is 1. The molecule has 0 saturated carbocycles. The van der Waals surface area contributed by atoms with E-state index >= 15 is 0 Å². The van der Waals surface area contributed by atoms with Crippen LogP contribution in [0.15, 0.2) is 6.20 Å². The van der Waals surface area contributed by atoms with Crippen LogP contribution in [0, 0.1) is 16.0 Å². The first kappa shape index (κ1) is 14.1. The Morgan fingerprint density at radius 3 is 2.83 bits per heavy atom. The predicted octanol–water partition coefficient (Wildman–Crippen LogP) is 1.02. The van der Waals surface area contributed by atoms with E-state index in [0.717, 1.165) is 6.20 Å². The molecule has 1 rings (SSSR count). The van der Waals surface area contributed by atoms with Gasteiger partial charge in [0.15, 0.2) is 0 Å². The van der Waals surface area contributed by atoms with Crippen LogP contribution in [-0.2, 0) is 4.74 Å². The number of nitrogens with zero attached hydrogens (tertiary/aromatic N) is 3. The molecule has 0 radical (unpaired) electrons. The fourth-order valence-corrected chi connectivity index (χ4v) is 1.12. The van der Waals surface area contributed by atoms with Gasteiger partial charge in [0, 0.05) is 6.61 Å². The SMILES string of the molecule is CC(C)COCCOc1nc(N)ncc1[N+](=O)[O-]. The molecule has 0 amide bonds. The summed E-state index contributed by atoms with van der Waals surface area (Å²) in [5, 5.41) is 10.7. The van der Waals surface area contributed by atoms with Crippen molar-refractivity contribution in [3.8, 4) is 5.88 Å². The summed E-state index contributed by atoms with van der Waals surface area (Å²) >= 11 is 0. The number of nitro groups is 1. The first-order chi connectivity index (χ1) is 8.50. The standard InChI is InChI=1S/C10H16N4O4/c1-7(2)6-17-3-4-18-9-8(14(15)16)5-12-10(11)13-9/h5,7H,3-4,6H2,1-2H3,(H2,11,12,13). The third-order valence-electron chi connectivity index (χ3n) is 1.87. The summed E-state index contributed by atoms with van der Waals surface area (Å²) in [6, 6.07) is 0. The minimum absolute atomic E-state index is 0.0706. The zero-order chi connectivity index (χ0) is 13.5. The quantitative estimate of drug-likeness (QED) is 0.440. The van der Waals surface area contributed by atoms with Crippen molar-refractivity contribution < 1.29 is 14.4 Å². The Balaban J connectivity index is 2.50. The second kappa shape index (κ2) is 6.70. The van der Waals surface area contributed by atoms with E-state index in [1.807, 2.05) is 13.8 Å². The number of anilines is 1. The van der Waals surface area contributed by atoms with Crippen molar-refractivity contribution in [1.29, 1.82) is 0 Å². The summed E-state index contributed by atoms with van der Waals surface area (Å²) in [7, 11) is 0. The Morgan fingerprint density at radius 1 is 1.50 bits per heavy atom. The number of ether oxygens (including phenoxy) is 2. The summed E-state index contributed by atoms with van der Waals surface area (Å²) in [6.45, 7) is 5.16. The summed E-state index contributed by atoms with van der Waals surface area (Å²) in [4.78, 5) is 17.3. The Labute approximate surface area is 104 Å². The van der Waals surface area contributed by atoms with Crippen LogP contribution in [0.4, 0.5) is 11.6 Å². The summed E-state index contributed by atoms with van der Waals surface area (Å²) in [6.07, 6.45) is 1.02. The van der Waals surface area contributed by atoms with Crippen molar-refractivity contribution in [3.05, 3.63) is 16.3 Å². The van der Waals surface area contributed by atoms with Crippen molar-refractivity contribution in [1.82, 2.24) is 9.97 Å². The molecular weight excluding hydrogens is 240 g/mol. The number of nitrogen functional groups attached to an aromatic ring is 1. The van der Waals surface area contributed by atoms with Gasteiger partial charge >= 0.3 is 5.69 Å². The van der Waals surface area contributed by atoms with Gasteiger partial charge in [0.25, 0.3) is 5.88 Å². The van der Waals surface area contributed by atoms with Gasteiger partial charge in [0.1, 0.15) is 12.8 Å². The van der Waals surface area contributed by atoms with Crippen molar-refractivity contribution >= 4 is 11.6 Å². The van der Waals surface area contributed by atoms with E-state index in [-0.39, 0.29) is 24.1 Å². The highest BCUT2D eigenvalue weighted by Gasteiger charge is 2.18. The van der Waals surface area contributed by atoms with Gasteiger partial charge in [-0.2, -0.15) is 4.98 Å². The Bertz CT molecular complexity index is 411. The molecule has 0 fully saturated rings. The normalized spacial score (nSPS) is 10.6. The monoisotopic (exact) mass is 256 g/mol. The van der Waals surface area contributed by atoms with Gasteiger partial charge in [0.2, 0.25) is 5.95 Å². The maximum Gasteiger partial charge on any atom is 0.349 e. The molecule has 0 spiro atoms. The molecule has 0 aromatic carbocycles. The van der Waals surface area contributed by atoms with Crippen LogP contribution in [-0.4, -0.2) is 34.7 Å². The molecule has 1 heterocycles. The van der Waals surface area contributed by atoms with Crippen molar-refractivity contribution in [2.75, 3.05) is 25.6 Å². The molecule has 0 saturated heterocycles. The van der Waals surface area contributed by atoms with Gasteiger partial charge in [-0.05, 0) is 5.92 Å². The van der Waals surface area contributed by atoms with Crippen LogP contribution in [0.2, 0.25) is 0 Å². The summed E-state index contributed by atoms with van der Waals surface area (Å²) < 4.78 is 10.4. The lowest BCUT2D eigenvalue weighted by molar-refractivity contribution is -0.386. The number of hydrogen-bond acceptors (Lipinski definition) is 7. The maximum absolute atomic E-state index is 10.7. The van der Waals surface area contributed by atoms with E-state index in [9.17, 15) is 10.1 Å². The summed E-state index contributed by atoms with van der Waals surface area (Å²) in [5.41, 5.74) is 5.03. The highest BCUT2D eigenvalue weighted by atomic mass is 16.6. The lowest BCUT2D eigenvalue weighted by atomic mass is 10.2. The molecule has 100 valence electrons. The molecule has 8 heteroatoms. The molecule has 0 aliphatic carbocycles. The topological polar surface area (TPSA) is 113 Å². The average Bonchev–Trinajstić information content (AvgIpc) is 2.27. The minimum Gasteiger partial charge on any atom is -0.470 e. The smallest absolute Gasteiger partial charge is 0.349 e. The van der Waals surface area contributed by atoms with Crippen LogP contribution in [0.3, 0.4) is 0 Å². The van der Waals surface area contributed by atoms with Crippen LogP contribution >= 0.6 is 0 Å². The largest absolute Gasteiger partial charge is 0.470 e. The third-order valence-corrected chi connectivity index (χ3v) is 1.87. The average molecular weight is 256 g/mol. The second-order valence-corrected chi connectivity index (χ2v) is 3.99. The zero-order valence-corrected chi connectivity index (χ0v) is 10.3. The van der Waals surface area contributed by atoms with E-state index in [1.54, 1.807) is 0 Å². The van der Waals surface area contributed by atoms with Crippen molar-refractivity contribution in [3.63, 3.8) is 0 Å². The number of aromatic nitrogens is 2. The van der Waals surface area contributed by atoms with Gasteiger partial charge in [-0.3, -0.25) is 10.1 Å². The molecule has 0 aliphatic heterocycles. The van der Waals surface area contributed by atoms with E-state index in [2.05, 4.69) is 9.97 Å². The van der Waals surface area contributed by atoms with Gasteiger partial charge in [-0.15, -0.1) is 0 Å². The highest BCUT2D eigenvalue weighted by molar-refractivity contribution is 5.41. The molecule has 18 heavy (non-hydrogen) atoms. The predicted molar refractivity (Wildman–Crippen MR) is 64.3 cm³/mol. The molecule has 0 atom stereocenters. The second-order valence-electron chi connectivity index (χ2n) is 3.99. The molecule has 1 aromatic rings. The Kier molecular flexibility index (Phi) is 5.25. The number of rotatable bonds is 7. The Morgan fingerprint density at radius 2 is 2.22 bits per heavy atom. The molecule has 0 unspecified atom stereocenters. The van der Waals surface area contributed by atoms with Crippen molar-refractivity contribution in [2.24, 2.45) is 5.92 Å². The first-order valence-electron chi connectivity index (χ1n) is 5.48. The lowest BCUT2D eigenvalue weighted by Crippen LogP contribution is -2.12. The van der Waals surface area contributed by atoms with E-state index in [1.165, 1.54) is 0 Å². The van der Waals surface area contributed by atoms with Gasteiger partial charge in [-0.25, -0.2) is 4.98 Å². The highest BCUT2D eigenvalue weighted by Crippen LogP contribution is 2.23. The molecular formula is C10H16N4O4. The summed E-state index contributed by atoms with van der Waals surface area (Å²) in [5.74, 6) is 0.216. The molecule has 8 nitrogen and oxygen atoms in total. The van der Waals surface area contributed by atoms with Crippen LogP contribution in [0.1, 0.15) is 13.8 Å². The van der Waals surface area contributed by atoms with E-state index in [4.69, 9.17) is 15.2 Å². The van der Waals surface area contributed by atoms with Crippen molar-refractivity contribution in [2.45, 2.75) is 13.8 Å². The van der Waals surface area contributed by atoms with Gasteiger partial charge in [0.05, 0.1) is 11.5 Å². The fraction of sp³-hybridized carbons (Fsp3) is 0.600. The first-order valence-corrected chi connectivity index (χ1v) is 5.48. The zero-order valence-electron chi connectivity index (χ0n) is 10.3. The van der Waals surface area contributed by atoms with Crippen LogP contribution in [0.5, 0.6) is 5.88 Å². The fourth-order valence-electron chi connectivity index (χ4n) is 1.12. The van der Waals surface area contributed by atoms with Gasteiger partial charge in [-0.1, -0.05) is 13.8 Å². The molecule has 0 bridgehead atoms. The lowest BCUT2D eigenvalue weighted by Gasteiger charge is -2.08. The maximum atomic E-state index is 10.7. The van der Waals surface area contributed by atoms with Gasteiger partial charge < -0.3 is 15.2 Å².